The van der Waals surface area contributed by atoms with Gasteiger partial charge >= 0.3 is 5.97 Å². The van der Waals surface area contributed by atoms with Crippen LogP contribution in [0.1, 0.15) is 240 Å². The highest BCUT2D eigenvalue weighted by Gasteiger charge is 2.46. The molecule has 13 amide bonds. The van der Waals surface area contributed by atoms with E-state index in [-0.39, 0.29) is 81.7 Å². The van der Waals surface area contributed by atoms with Gasteiger partial charge in [-0.3, -0.25) is 71.9 Å². The van der Waals surface area contributed by atoms with Crippen molar-refractivity contribution in [2.24, 2.45) is 11.5 Å². The Morgan fingerprint density at radius 2 is 0.965 bits per heavy atom. The van der Waals surface area contributed by atoms with Crippen LogP contribution in [0.3, 0.4) is 0 Å². The summed E-state index contributed by atoms with van der Waals surface area (Å²) in [6.45, 7) is 8.38. The summed E-state index contributed by atoms with van der Waals surface area (Å²) >= 11 is 2.76. The average molecular weight is 1630 g/mol. The Kier molecular flexibility index (Phi) is 51.6. The Morgan fingerprint density at radius 3 is 1.47 bits per heavy atom. The van der Waals surface area contributed by atoms with E-state index < -0.39 is 187 Å². The van der Waals surface area contributed by atoms with E-state index in [1.807, 2.05) is 20.1 Å². The first kappa shape index (κ1) is 101. The number of rotatable bonds is 63. The molecule has 13 atom stereocenters. The number of hydrogen-bond acceptors (Lipinski definition) is 21. The summed E-state index contributed by atoms with van der Waals surface area (Å²) in [6, 6.07) is -10.7. The first-order valence-electron chi connectivity index (χ1n) is 40.3. The van der Waals surface area contributed by atoms with Gasteiger partial charge in [-0.05, 0) is 133 Å². The molecule has 1 unspecified atom stereocenters. The number of aromatic hydroxyl groups is 1. The van der Waals surface area contributed by atoms with E-state index in [9.17, 15) is 92.3 Å². The highest BCUT2D eigenvalue weighted by molar-refractivity contribution is 7.98. The van der Waals surface area contributed by atoms with Gasteiger partial charge in [-0.2, -0.15) is 23.5 Å². The zero-order chi connectivity index (χ0) is 84.4. The molecular formula is C78H132N14O19S2. The molecule has 0 aromatic heterocycles. The molecule has 33 nitrogen and oxygen atoms in total. The number of thioether (sulfide) groups is 2. The molecule has 35 heteroatoms. The van der Waals surface area contributed by atoms with Crippen LogP contribution in [-0.4, -0.2) is 236 Å². The number of ketones is 1. The zero-order valence-electron chi connectivity index (χ0n) is 67.6. The maximum Gasteiger partial charge on any atom is 0.305 e. The van der Waals surface area contributed by atoms with Gasteiger partial charge in [-0.15, -0.1) is 0 Å². The number of phenols is 1. The van der Waals surface area contributed by atoms with Crippen LogP contribution < -0.4 is 70.0 Å². The van der Waals surface area contributed by atoms with Gasteiger partial charge in [0.05, 0.1) is 31.7 Å². The number of benzene rings is 1. The van der Waals surface area contributed by atoms with Crippen molar-refractivity contribution in [3.8, 4) is 5.75 Å². The number of aliphatic carboxylic acids is 1. The van der Waals surface area contributed by atoms with Crippen LogP contribution in [0.4, 0.5) is 0 Å². The van der Waals surface area contributed by atoms with Crippen molar-refractivity contribution in [2.75, 3.05) is 43.7 Å². The summed E-state index contributed by atoms with van der Waals surface area (Å²) in [5.74, 6) is -12.2. The third-order valence-corrected chi connectivity index (χ3v) is 20.8. The molecule has 0 saturated carbocycles. The molecule has 640 valence electrons. The van der Waals surface area contributed by atoms with Crippen LogP contribution in [0.15, 0.2) is 24.3 Å². The molecule has 1 aliphatic heterocycles. The Labute approximate surface area is 674 Å². The van der Waals surface area contributed by atoms with Gasteiger partial charge in [0.25, 0.3) is 0 Å². The second-order valence-electron chi connectivity index (χ2n) is 29.2. The number of nitrogens with two attached hydrogens (primary N) is 2. The van der Waals surface area contributed by atoms with Gasteiger partial charge in [-0.1, -0.05) is 142 Å². The van der Waals surface area contributed by atoms with E-state index >= 15 is 0 Å². The number of likely N-dealkylation sites (tertiary alicyclic amines) is 1. The monoisotopic (exact) mass is 1630 g/mol. The van der Waals surface area contributed by atoms with Crippen molar-refractivity contribution < 1.29 is 92.3 Å². The minimum Gasteiger partial charge on any atom is -0.508 e. The molecule has 2 rings (SSSR count). The van der Waals surface area contributed by atoms with Crippen LogP contribution in [0, 0.1) is 0 Å². The Hall–Kier alpha value is -8.15. The molecular weight excluding hydrogens is 1500 g/mol. The Balaban J connectivity index is 2.37. The second kappa shape index (κ2) is 57.8. The van der Waals surface area contributed by atoms with Crippen LogP contribution in [0.2, 0.25) is 0 Å². The Morgan fingerprint density at radius 1 is 0.513 bits per heavy atom. The number of phenolic OH excluding ortho intramolecular Hbond substituents is 1. The molecule has 0 radical (unpaired) electrons. The predicted octanol–water partition coefficient (Wildman–Crippen LogP) is 2.48. The lowest BCUT2D eigenvalue weighted by Crippen LogP contribution is -2.61. The van der Waals surface area contributed by atoms with Crippen LogP contribution in [0.25, 0.3) is 0 Å². The first-order valence-corrected chi connectivity index (χ1v) is 43.1. The van der Waals surface area contributed by atoms with Crippen LogP contribution >= 0.6 is 23.5 Å². The topological polar surface area (TPSA) is 525 Å². The van der Waals surface area contributed by atoms with Gasteiger partial charge < -0.3 is 95.3 Å². The molecule has 1 aromatic rings. The molecule has 1 aliphatic rings. The number of carbonyl (C=O) groups is 15. The molecule has 0 aliphatic carbocycles. The predicted molar refractivity (Wildman–Crippen MR) is 432 cm³/mol. The minimum atomic E-state index is -1.73. The maximum atomic E-state index is 14.7. The number of hydrogen-bond donors (Lipinski definition) is 17. The minimum absolute atomic E-state index is 0.00697. The van der Waals surface area contributed by atoms with Gasteiger partial charge in [0.2, 0.25) is 76.8 Å². The number of nitrogens with one attached hydrogen (secondary N) is 11. The summed E-state index contributed by atoms with van der Waals surface area (Å²) in [4.78, 5) is 206. The van der Waals surface area contributed by atoms with Crippen molar-refractivity contribution in [1.82, 2.24) is 63.4 Å². The number of aliphatic hydroxyl groups excluding tert-OH is 2. The lowest BCUT2D eigenvalue weighted by molar-refractivity contribution is -0.142. The smallest absolute Gasteiger partial charge is 0.305 e. The van der Waals surface area contributed by atoms with Gasteiger partial charge in [0, 0.05) is 25.3 Å². The number of Topliss-reactive ketones (excluding diaryl/α,β-unsaturated/α-hetero) is 1. The summed E-state index contributed by atoms with van der Waals surface area (Å²) < 4.78 is 0. The van der Waals surface area contributed by atoms with Gasteiger partial charge in [0.1, 0.15) is 66.2 Å². The molecule has 1 heterocycles. The number of unbranched alkanes of at least 4 members (excludes halogenated alkanes) is 16. The molecule has 0 bridgehead atoms. The van der Waals surface area contributed by atoms with Crippen LogP contribution in [0.5, 0.6) is 5.75 Å². The summed E-state index contributed by atoms with van der Waals surface area (Å²) in [7, 11) is 0. The van der Waals surface area contributed by atoms with E-state index in [1.54, 1.807) is 13.2 Å². The first-order chi connectivity index (χ1) is 53.9. The zero-order valence-corrected chi connectivity index (χ0v) is 69.2. The fraction of sp³-hybridized carbons (Fsp3) is 0.731. The fourth-order valence-corrected chi connectivity index (χ4v) is 13.9. The third kappa shape index (κ3) is 40.6. The molecule has 1 aromatic carbocycles. The second-order valence-corrected chi connectivity index (χ2v) is 31.2. The molecule has 113 heavy (non-hydrogen) atoms. The summed E-state index contributed by atoms with van der Waals surface area (Å²) in [5, 5.41) is 68.8. The summed E-state index contributed by atoms with van der Waals surface area (Å²) in [5.41, 5.74) is 11.9. The highest BCUT2D eigenvalue weighted by atomic mass is 32.2. The van der Waals surface area contributed by atoms with Crippen LogP contribution in [-0.2, 0) is 78.3 Å². The van der Waals surface area contributed by atoms with E-state index in [0.29, 0.717) is 62.7 Å². The molecule has 19 N–H and O–H groups in total. The number of primary amides is 1. The molecule has 1 fully saturated rings. The third-order valence-electron chi connectivity index (χ3n) is 19.5. The number of aliphatic hydroxyl groups is 2. The van der Waals surface area contributed by atoms with E-state index in [1.165, 1.54) is 104 Å². The average Bonchev–Trinajstić information content (AvgIpc) is 1.65. The van der Waals surface area contributed by atoms with Crippen molar-refractivity contribution in [3.05, 3.63) is 29.8 Å². The normalized spacial score (nSPS) is 16.2. The standard InChI is InChI=1S/C78H132N14O19S2/c1-9-12-15-16-17-18-19-20-21-22-23-24-26-32-65(98)82-57(39-42-112-7)69(102)81-47-66(99)83-60(45-52-33-35-53(96)36-34-52)74(107)86-56(37-38-64(80)97)72(105)85-54(29-25-13-10-2)70(103)84-55(30-27-28-41-79)71(104)89-61-44-49(4)92(78(61)111)63(31-14-11-3)76(109)90-62(48-93)75(108)87-58(40-43-113-8)73(106)91-68(51(6)95)77(110)88-59(50(5)94)46-67(100)101/h33-36,49,51,54-63,68,93,95-96H,9-32,37-48,79H2,1-8H3,(H2,80,97)(H,81,102)(H,82,98)(H,83,99)(H,84,103)(H,85,105)(H,86,107)(H,87,108)(H,88,110)(H,89,104)(H,90,109)(H,91,106)(H,100,101)/t49?,51-,54+,55+,56+,57+,58+,59+,60+,61+,62+,63+,68+/m1/s1. The number of carboxylic acid groups (broad SMARTS) is 1. The molecule has 1 saturated heterocycles. The summed E-state index contributed by atoms with van der Waals surface area (Å²) in [6.07, 6.45) is 18.8. The number of carbonyl (C=O) groups excluding carboxylic acids is 14. The SMILES string of the molecule is CCCCCCCCCCCCCCCC(=O)N[C@@H](CCSC)C(=O)NCC(=O)N[C@@H](Cc1ccc(O)cc1)C(=O)N[C@@H](CCC(N)=O)C(=O)N[C@@H](CCCCC)C(=O)N[C@@H](CCCCN)C(=O)N[C@H]1CC(C)N([C@@H](CCCC)C(=O)N[C@@H](CO)C(=O)N[C@@H](CCSC)C(=O)N[C@H](C(=O)N[C@@H](CC(=O)O)C(C)=O)[C@@H](C)O)C1=O. The quantitative estimate of drug-likeness (QED) is 0.0417. The lowest BCUT2D eigenvalue weighted by Gasteiger charge is -2.32. The van der Waals surface area contributed by atoms with E-state index in [4.69, 9.17) is 11.5 Å². The van der Waals surface area contributed by atoms with Gasteiger partial charge in [-0.25, -0.2) is 0 Å². The lowest BCUT2D eigenvalue weighted by atomic mass is 10.0. The van der Waals surface area contributed by atoms with Crippen molar-refractivity contribution in [3.63, 3.8) is 0 Å². The van der Waals surface area contributed by atoms with Crippen molar-refractivity contribution in [1.29, 1.82) is 0 Å². The van der Waals surface area contributed by atoms with Crippen molar-refractivity contribution >= 4 is 112 Å². The fourth-order valence-electron chi connectivity index (χ4n) is 12.9. The number of nitrogens with zero attached hydrogens (tertiary/aromatic N) is 1. The van der Waals surface area contributed by atoms with Crippen molar-refractivity contribution in [2.45, 2.75) is 319 Å². The number of carboxylic acids is 1. The maximum absolute atomic E-state index is 14.7. The van der Waals surface area contributed by atoms with Gasteiger partial charge in [0.15, 0.2) is 5.78 Å². The number of amides is 13. The van der Waals surface area contributed by atoms with E-state index in [2.05, 4.69) is 65.4 Å². The largest absolute Gasteiger partial charge is 0.508 e. The Bertz CT molecular complexity index is 3160. The highest BCUT2D eigenvalue weighted by Crippen LogP contribution is 2.26. The molecule has 0 spiro atoms. The van der Waals surface area contributed by atoms with E-state index in [0.717, 1.165) is 39.5 Å².